The molecule has 0 spiro atoms. The van der Waals surface area contributed by atoms with Gasteiger partial charge in [0, 0.05) is 62.6 Å². The summed E-state index contributed by atoms with van der Waals surface area (Å²) in [5, 5.41) is 2.78. The van der Waals surface area contributed by atoms with Gasteiger partial charge in [-0.15, -0.1) is 0 Å². The summed E-state index contributed by atoms with van der Waals surface area (Å²) >= 11 is 0. The predicted octanol–water partition coefficient (Wildman–Crippen LogP) is 2.99. The van der Waals surface area contributed by atoms with Crippen LogP contribution in [-0.4, -0.2) is 48.5 Å². The predicted molar refractivity (Wildman–Crippen MR) is 120 cm³/mol. The van der Waals surface area contributed by atoms with Crippen molar-refractivity contribution in [1.29, 1.82) is 0 Å². The van der Waals surface area contributed by atoms with Gasteiger partial charge in [-0.05, 0) is 36.2 Å². The highest BCUT2D eigenvalue weighted by Crippen LogP contribution is 2.16. The second-order valence-electron chi connectivity index (χ2n) is 7.49. The van der Waals surface area contributed by atoms with Crippen LogP contribution in [0.4, 0.5) is 11.4 Å². The van der Waals surface area contributed by atoms with Crippen LogP contribution in [0.3, 0.4) is 0 Å². The molecule has 6 nitrogen and oxygen atoms in total. The lowest BCUT2D eigenvalue weighted by atomic mass is 10.1. The quantitative estimate of drug-likeness (QED) is 0.665. The van der Waals surface area contributed by atoms with Crippen LogP contribution in [0.2, 0.25) is 0 Å². The number of hydrogen-bond acceptors (Lipinski definition) is 4. The molecule has 1 saturated heterocycles. The fourth-order valence-electron chi connectivity index (χ4n) is 3.70. The van der Waals surface area contributed by atoms with Gasteiger partial charge < -0.3 is 15.2 Å². The van der Waals surface area contributed by atoms with Crippen molar-refractivity contribution in [3.05, 3.63) is 94.4 Å². The summed E-state index contributed by atoms with van der Waals surface area (Å²) in [4.78, 5) is 31.7. The van der Waals surface area contributed by atoms with Gasteiger partial charge >= 0.3 is 0 Å². The first-order valence-electron chi connectivity index (χ1n) is 10.3. The molecule has 2 heterocycles. The molecule has 1 aliphatic heterocycles. The number of pyridine rings is 1. The van der Waals surface area contributed by atoms with Crippen molar-refractivity contribution in [2.75, 3.05) is 42.9 Å². The van der Waals surface area contributed by atoms with Gasteiger partial charge in [-0.3, -0.25) is 14.5 Å². The molecular weight excluding hydrogens is 376 g/mol. The van der Waals surface area contributed by atoms with Crippen LogP contribution in [0.1, 0.15) is 15.9 Å². The molecule has 0 bridgehead atoms. The number of nitrogens with one attached hydrogen (secondary N) is 2. The minimum Gasteiger partial charge on any atom is -0.369 e. The Morgan fingerprint density at radius 3 is 2.37 bits per heavy atom. The first-order chi connectivity index (χ1) is 14.7. The molecule has 1 amide bonds. The van der Waals surface area contributed by atoms with Gasteiger partial charge in [-0.25, -0.2) is 0 Å². The Balaban J connectivity index is 1.25. The number of nitrogens with zero attached hydrogens (tertiary/aromatic N) is 2. The Morgan fingerprint density at radius 1 is 0.933 bits per heavy atom. The van der Waals surface area contributed by atoms with E-state index in [1.54, 1.807) is 0 Å². The van der Waals surface area contributed by atoms with Crippen LogP contribution in [-0.2, 0) is 6.42 Å². The maximum absolute atomic E-state index is 12.2. The molecule has 3 aromatic rings. The Labute approximate surface area is 176 Å². The lowest BCUT2D eigenvalue weighted by Gasteiger charge is -2.36. The first kappa shape index (κ1) is 19.9. The summed E-state index contributed by atoms with van der Waals surface area (Å²) in [5.41, 5.74) is 3.03. The van der Waals surface area contributed by atoms with Crippen molar-refractivity contribution < 1.29 is 4.79 Å². The van der Waals surface area contributed by atoms with E-state index in [9.17, 15) is 9.59 Å². The third-order valence-electron chi connectivity index (χ3n) is 5.49. The molecule has 6 heteroatoms. The molecule has 1 aliphatic rings. The smallest absolute Gasteiger partial charge is 0.261 e. The van der Waals surface area contributed by atoms with E-state index in [4.69, 9.17) is 0 Å². The Kier molecular flexibility index (Phi) is 6.25. The largest absolute Gasteiger partial charge is 0.369 e. The average molecular weight is 402 g/mol. The second-order valence-corrected chi connectivity index (χ2v) is 7.49. The fraction of sp³-hybridized carbons (Fsp3) is 0.250. The molecule has 154 valence electrons. The molecule has 0 radical (unpaired) electrons. The third-order valence-corrected chi connectivity index (χ3v) is 5.49. The number of anilines is 2. The number of rotatable bonds is 6. The van der Waals surface area contributed by atoms with Crippen molar-refractivity contribution in [2.45, 2.75) is 6.42 Å². The maximum atomic E-state index is 12.2. The Hall–Kier alpha value is -3.38. The topological polar surface area (TPSA) is 68.4 Å². The van der Waals surface area contributed by atoms with Gasteiger partial charge in [0.05, 0.1) is 0 Å². The van der Waals surface area contributed by atoms with Crippen LogP contribution < -0.4 is 15.6 Å². The normalized spacial score (nSPS) is 14.5. The lowest BCUT2D eigenvalue weighted by Crippen LogP contribution is -2.46. The van der Waals surface area contributed by atoms with E-state index >= 15 is 0 Å². The Bertz CT molecular complexity index is 1020. The minimum absolute atomic E-state index is 0.108. The van der Waals surface area contributed by atoms with Gasteiger partial charge in [0.15, 0.2) is 5.43 Å². The zero-order valence-corrected chi connectivity index (χ0v) is 16.9. The van der Waals surface area contributed by atoms with E-state index in [2.05, 4.69) is 50.4 Å². The molecule has 4 rings (SSSR count). The van der Waals surface area contributed by atoms with Gasteiger partial charge in [0.1, 0.15) is 5.56 Å². The molecule has 1 aromatic heterocycles. The highest BCUT2D eigenvalue weighted by atomic mass is 16.2. The monoisotopic (exact) mass is 402 g/mol. The Morgan fingerprint density at radius 2 is 1.67 bits per heavy atom. The maximum Gasteiger partial charge on any atom is 0.261 e. The highest BCUT2D eigenvalue weighted by molar-refractivity contribution is 6.03. The number of hydrogen-bond donors (Lipinski definition) is 2. The number of aromatic nitrogens is 1. The van der Waals surface area contributed by atoms with Crippen LogP contribution in [0.25, 0.3) is 0 Å². The minimum atomic E-state index is -0.402. The molecule has 0 atom stereocenters. The molecule has 0 saturated carbocycles. The number of carbonyl (C=O) groups excluding carboxylic acids is 1. The SMILES string of the molecule is O=C(Nc1ccc(CCN2CCN(c3ccccc3)CC2)cc1)c1c[nH]ccc1=O. The van der Waals surface area contributed by atoms with E-state index in [-0.39, 0.29) is 11.0 Å². The van der Waals surface area contributed by atoms with E-state index in [1.807, 2.05) is 24.3 Å². The lowest BCUT2D eigenvalue weighted by molar-refractivity contribution is 0.102. The van der Waals surface area contributed by atoms with Gasteiger partial charge in [-0.1, -0.05) is 30.3 Å². The molecule has 0 aliphatic carbocycles. The molecular formula is C24H26N4O2. The first-order valence-corrected chi connectivity index (χ1v) is 10.3. The van der Waals surface area contributed by atoms with Crippen molar-refractivity contribution in [3.8, 4) is 0 Å². The average Bonchev–Trinajstić information content (AvgIpc) is 2.80. The zero-order chi connectivity index (χ0) is 20.8. The van der Waals surface area contributed by atoms with Gasteiger partial charge in [-0.2, -0.15) is 0 Å². The molecule has 0 unspecified atom stereocenters. The fourth-order valence-corrected chi connectivity index (χ4v) is 3.70. The van der Waals surface area contributed by atoms with E-state index in [0.717, 1.165) is 39.1 Å². The summed E-state index contributed by atoms with van der Waals surface area (Å²) in [6.07, 6.45) is 3.90. The van der Waals surface area contributed by atoms with Crippen molar-refractivity contribution in [3.63, 3.8) is 0 Å². The number of aromatic amines is 1. The van der Waals surface area contributed by atoms with Crippen molar-refractivity contribution >= 4 is 17.3 Å². The highest BCUT2D eigenvalue weighted by Gasteiger charge is 2.16. The van der Waals surface area contributed by atoms with Crippen LogP contribution in [0, 0.1) is 0 Å². The van der Waals surface area contributed by atoms with Crippen molar-refractivity contribution in [1.82, 2.24) is 9.88 Å². The van der Waals surface area contributed by atoms with Crippen molar-refractivity contribution in [2.24, 2.45) is 0 Å². The number of amides is 1. The molecule has 2 N–H and O–H groups in total. The number of piperazine rings is 1. The molecule has 1 fully saturated rings. The summed E-state index contributed by atoms with van der Waals surface area (Å²) < 4.78 is 0. The van der Waals surface area contributed by atoms with Crippen LogP contribution in [0.15, 0.2) is 77.9 Å². The van der Waals surface area contributed by atoms with Crippen LogP contribution >= 0.6 is 0 Å². The van der Waals surface area contributed by atoms with E-state index in [0.29, 0.717) is 5.69 Å². The zero-order valence-electron chi connectivity index (χ0n) is 16.9. The summed E-state index contributed by atoms with van der Waals surface area (Å²) in [5.74, 6) is -0.402. The van der Waals surface area contributed by atoms with Gasteiger partial charge in [0.2, 0.25) is 0 Å². The number of carbonyl (C=O) groups is 1. The number of para-hydroxylation sites is 1. The molecule has 2 aromatic carbocycles. The standard InChI is InChI=1S/C24H26N4O2/c29-23-10-12-25-18-22(23)24(30)26-20-8-6-19(7-9-20)11-13-27-14-16-28(17-15-27)21-4-2-1-3-5-21/h1-10,12,18H,11,13-17H2,(H,25,29)(H,26,30). The van der Waals surface area contributed by atoms with Gasteiger partial charge in [0.25, 0.3) is 5.91 Å². The number of benzene rings is 2. The van der Waals surface area contributed by atoms with Crippen LogP contribution in [0.5, 0.6) is 0 Å². The number of H-pyrrole nitrogens is 1. The summed E-state index contributed by atoms with van der Waals surface area (Å²) in [6.45, 7) is 5.25. The molecule has 30 heavy (non-hydrogen) atoms. The third kappa shape index (κ3) is 4.96. The van der Waals surface area contributed by atoms with E-state index < -0.39 is 5.91 Å². The van der Waals surface area contributed by atoms with E-state index in [1.165, 1.54) is 29.7 Å². The summed E-state index contributed by atoms with van der Waals surface area (Å²) in [7, 11) is 0. The summed E-state index contributed by atoms with van der Waals surface area (Å²) in [6, 6.07) is 19.8. The second kappa shape index (κ2) is 9.41.